The Balaban J connectivity index is 0.00000361. The maximum Gasteiger partial charge on any atom is 0.293 e. The smallest absolute Gasteiger partial charge is 0.293 e. The van der Waals surface area contributed by atoms with Crippen molar-refractivity contribution in [1.29, 1.82) is 0 Å². The van der Waals surface area contributed by atoms with E-state index in [1.54, 1.807) is 17.0 Å². The number of anilines is 2. The zero-order valence-corrected chi connectivity index (χ0v) is 22.7. The van der Waals surface area contributed by atoms with Crippen LogP contribution in [0.25, 0.3) is 10.2 Å². The standard InChI is InChI=1S/C25H31N5O4S.ClH/c1-17-6-7-18(2)23-22(17)26-25(35-23)29(11-5-10-27(3)4)24(31)19-8-9-20(21(16-19)30(32)33)28-12-14-34-15-13-28;/h6-9,16H,5,10-15H2,1-4H3;1H. The lowest BCUT2D eigenvalue weighted by atomic mass is 10.1. The van der Waals surface area contributed by atoms with E-state index < -0.39 is 4.92 Å². The summed E-state index contributed by atoms with van der Waals surface area (Å²) in [6, 6.07) is 8.86. The molecule has 9 nitrogen and oxygen atoms in total. The molecule has 0 atom stereocenters. The number of fused-ring (bicyclic) bond motifs is 1. The van der Waals surface area contributed by atoms with Crippen molar-refractivity contribution in [1.82, 2.24) is 9.88 Å². The third-order valence-corrected chi connectivity index (χ3v) is 7.38. The van der Waals surface area contributed by atoms with Crippen LogP contribution in [0, 0.1) is 24.0 Å². The van der Waals surface area contributed by atoms with Crippen LogP contribution in [0.5, 0.6) is 0 Å². The van der Waals surface area contributed by atoms with Crippen molar-refractivity contribution in [3.63, 3.8) is 0 Å². The molecule has 0 N–H and O–H groups in total. The van der Waals surface area contributed by atoms with E-state index in [1.807, 2.05) is 38.9 Å². The minimum Gasteiger partial charge on any atom is -0.378 e. The molecule has 0 unspecified atom stereocenters. The van der Waals surface area contributed by atoms with Crippen molar-refractivity contribution in [2.45, 2.75) is 20.3 Å². The molecule has 1 amide bonds. The van der Waals surface area contributed by atoms with Crippen molar-refractivity contribution in [2.24, 2.45) is 0 Å². The molecule has 11 heteroatoms. The Kier molecular flexibility index (Phi) is 9.24. The number of thiazole rings is 1. The first-order chi connectivity index (χ1) is 16.8. The Morgan fingerprint density at radius 1 is 1.14 bits per heavy atom. The Labute approximate surface area is 221 Å². The summed E-state index contributed by atoms with van der Waals surface area (Å²) < 4.78 is 6.43. The van der Waals surface area contributed by atoms with Gasteiger partial charge in [-0.3, -0.25) is 19.8 Å². The first-order valence-corrected chi connectivity index (χ1v) is 12.5. The SMILES string of the molecule is Cc1ccc(C)c2sc(N(CCCN(C)C)C(=O)c3ccc(N4CCOCC4)c([N+](=O)[O-])c3)nc12.Cl. The van der Waals surface area contributed by atoms with E-state index in [4.69, 9.17) is 9.72 Å². The lowest BCUT2D eigenvalue weighted by Crippen LogP contribution is -2.37. The highest BCUT2D eigenvalue weighted by Gasteiger charge is 2.27. The molecule has 2 heterocycles. The second-order valence-electron chi connectivity index (χ2n) is 9.05. The largest absolute Gasteiger partial charge is 0.378 e. The minimum absolute atomic E-state index is 0. The highest BCUT2D eigenvalue weighted by Crippen LogP contribution is 2.35. The lowest BCUT2D eigenvalue weighted by Gasteiger charge is -2.28. The predicted octanol–water partition coefficient (Wildman–Crippen LogP) is 4.68. The first kappa shape index (κ1) is 27.8. The number of morpholine rings is 1. The monoisotopic (exact) mass is 533 g/mol. The Hall–Kier alpha value is -2.79. The molecule has 36 heavy (non-hydrogen) atoms. The highest BCUT2D eigenvalue weighted by atomic mass is 35.5. The number of carbonyl (C=O) groups is 1. The molecule has 0 spiro atoms. The summed E-state index contributed by atoms with van der Waals surface area (Å²) in [6.07, 6.45) is 0.751. The van der Waals surface area contributed by atoms with Crippen molar-refractivity contribution < 1.29 is 14.5 Å². The molecule has 1 aliphatic heterocycles. The molecule has 1 fully saturated rings. The number of carbonyl (C=O) groups excluding carboxylic acids is 1. The Morgan fingerprint density at radius 2 is 1.83 bits per heavy atom. The van der Waals surface area contributed by atoms with Gasteiger partial charge in [-0.2, -0.15) is 0 Å². The molecular weight excluding hydrogens is 502 g/mol. The van der Waals surface area contributed by atoms with Crippen LogP contribution in [0.2, 0.25) is 0 Å². The quantitative estimate of drug-likeness (QED) is 0.306. The van der Waals surface area contributed by atoms with Gasteiger partial charge in [-0.15, -0.1) is 12.4 Å². The van der Waals surface area contributed by atoms with E-state index in [1.165, 1.54) is 17.4 Å². The zero-order valence-electron chi connectivity index (χ0n) is 21.0. The number of aryl methyl sites for hydroxylation is 2. The summed E-state index contributed by atoms with van der Waals surface area (Å²) in [7, 11) is 3.98. The topological polar surface area (TPSA) is 92.0 Å². The maximum absolute atomic E-state index is 13.8. The zero-order chi connectivity index (χ0) is 25.1. The van der Waals surface area contributed by atoms with Crippen molar-refractivity contribution in [3.8, 4) is 0 Å². The molecule has 1 aromatic heterocycles. The highest BCUT2D eigenvalue weighted by molar-refractivity contribution is 7.22. The number of hydrogen-bond acceptors (Lipinski definition) is 8. The van der Waals surface area contributed by atoms with Crippen LogP contribution in [-0.4, -0.2) is 74.2 Å². The molecule has 0 saturated carbocycles. The van der Waals surface area contributed by atoms with Crippen LogP contribution in [0.3, 0.4) is 0 Å². The average molecular weight is 534 g/mol. The number of amides is 1. The van der Waals surface area contributed by atoms with E-state index >= 15 is 0 Å². The fourth-order valence-corrected chi connectivity index (χ4v) is 5.36. The van der Waals surface area contributed by atoms with Gasteiger partial charge >= 0.3 is 0 Å². The summed E-state index contributed by atoms with van der Waals surface area (Å²) in [6.45, 7) is 7.52. The van der Waals surface area contributed by atoms with Crippen LogP contribution in [-0.2, 0) is 4.74 Å². The van der Waals surface area contributed by atoms with Crippen LogP contribution in [0.15, 0.2) is 30.3 Å². The Morgan fingerprint density at radius 3 is 2.47 bits per heavy atom. The summed E-state index contributed by atoms with van der Waals surface area (Å²) >= 11 is 1.49. The fraction of sp³-hybridized carbons (Fsp3) is 0.440. The molecule has 2 aromatic carbocycles. The number of rotatable bonds is 8. The van der Waals surface area contributed by atoms with Gasteiger partial charge in [0.2, 0.25) is 0 Å². The molecule has 4 rings (SSSR count). The number of nitro benzene ring substituents is 1. The average Bonchev–Trinajstić information content (AvgIpc) is 3.30. The minimum atomic E-state index is -0.414. The van der Waals surface area contributed by atoms with Crippen LogP contribution in [0.4, 0.5) is 16.5 Å². The first-order valence-electron chi connectivity index (χ1n) is 11.7. The number of aromatic nitrogens is 1. The lowest BCUT2D eigenvalue weighted by molar-refractivity contribution is -0.384. The fourth-order valence-electron chi connectivity index (χ4n) is 4.22. The van der Waals surface area contributed by atoms with E-state index in [0.29, 0.717) is 43.7 Å². The Bertz CT molecular complexity index is 1200. The van der Waals surface area contributed by atoms with Crippen LogP contribution < -0.4 is 9.80 Å². The van der Waals surface area contributed by atoms with Gasteiger partial charge in [0.15, 0.2) is 5.13 Å². The van der Waals surface area contributed by atoms with Gasteiger partial charge in [-0.1, -0.05) is 23.5 Å². The van der Waals surface area contributed by atoms with Crippen LogP contribution >= 0.6 is 23.7 Å². The second kappa shape index (κ2) is 12.0. The van der Waals surface area contributed by atoms with E-state index in [2.05, 4.69) is 11.0 Å². The maximum atomic E-state index is 13.8. The molecule has 1 aliphatic rings. The van der Waals surface area contributed by atoms with Gasteiger partial charge < -0.3 is 14.5 Å². The van der Waals surface area contributed by atoms with Gasteiger partial charge in [-0.05, 0) is 64.2 Å². The third-order valence-electron chi connectivity index (χ3n) is 6.16. The predicted molar refractivity (Wildman–Crippen MR) is 147 cm³/mol. The molecule has 1 saturated heterocycles. The molecule has 3 aromatic rings. The summed E-state index contributed by atoms with van der Waals surface area (Å²) in [4.78, 5) is 35.8. The van der Waals surface area contributed by atoms with Crippen molar-refractivity contribution in [3.05, 3.63) is 57.1 Å². The van der Waals surface area contributed by atoms with Gasteiger partial charge in [0, 0.05) is 31.3 Å². The number of nitro groups is 1. The molecule has 0 aliphatic carbocycles. The molecular formula is C25H32ClN5O4S. The molecule has 0 bridgehead atoms. The number of ether oxygens (including phenoxy) is 1. The third kappa shape index (κ3) is 5.95. The summed E-state index contributed by atoms with van der Waals surface area (Å²) in [5, 5.41) is 12.5. The van der Waals surface area contributed by atoms with Gasteiger partial charge in [-0.25, -0.2) is 4.98 Å². The molecule has 0 radical (unpaired) electrons. The number of nitrogens with zero attached hydrogens (tertiary/aromatic N) is 5. The van der Waals surface area contributed by atoms with Crippen molar-refractivity contribution >= 4 is 56.4 Å². The van der Waals surface area contributed by atoms with E-state index in [-0.39, 0.29) is 29.6 Å². The number of hydrogen-bond donors (Lipinski definition) is 0. The van der Waals surface area contributed by atoms with Gasteiger partial charge in [0.1, 0.15) is 5.69 Å². The summed E-state index contributed by atoms with van der Waals surface area (Å²) in [5.41, 5.74) is 3.79. The van der Waals surface area contributed by atoms with Crippen LogP contribution in [0.1, 0.15) is 27.9 Å². The summed E-state index contributed by atoms with van der Waals surface area (Å²) in [5.74, 6) is -0.283. The number of benzene rings is 2. The van der Waals surface area contributed by atoms with Crippen molar-refractivity contribution in [2.75, 3.05) is 63.3 Å². The van der Waals surface area contributed by atoms with E-state index in [0.717, 1.165) is 34.3 Å². The second-order valence-corrected chi connectivity index (χ2v) is 10.0. The van der Waals surface area contributed by atoms with Gasteiger partial charge in [0.05, 0.1) is 28.4 Å². The molecule has 194 valence electrons. The van der Waals surface area contributed by atoms with Gasteiger partial charge in [0.25, 0.3) is 11.6 Å². The normalized spacial score (nSPS) is 13.6. The number of halogens is 1. The van der Waals surface area contributed by atoms with E-state index in [9.17, 15) is 14.9 Å².